The van der Waals surface area contributed by atoms with Gasteiger partial charge in [0, 0.05) is 6.04 Å². The lowest BCUT2D eigenvalue weighted by molar-refractivity contribution is -0.121. The molecule has 0 spiro atoms. The van der Waals surface area contributed by atoms with Crippen LogP contribution in [-0.2, 0) is 22.4 Å². The van der Waals surface area contributed by atoms with Gasteiger partial charge in [-0.25, -0.2) is 9.29 Å². The molecule has 1 aliphatic heterocycles. The number of benzene rings is 2. The van der Waals surface area contributed by atoms with Crippen molar-refractivity contribution in [3.05, 3.63) is 65.5 Å². The molecule has 2 aromatic carbocycles. The third-order valence-electron chi connectivity index (χ3n) is 4.70. The molecular weight excluding hydrogens is 307 g/mol. The molecule has 24 heavy (non-hydrogen) atoms. The number of halogens is 1. The van der Waals surface area contributed by atoms with E-state index in [0.717, 1.165) is 17.7 Å². The molecule has 4 rings (SSSR count). The van der Waals surface area contributed by atoms with Gasteiger partial charge >= 0.3 is 0 Å². The lowest BCUT2D eigenvalue weighted by Gasteiger charge is -2.18. The van der Waals surface area contributed by atoms with Gasteiger partial charge < -0.3 is 5.32 Å². The standard InChI is InChI=1S/C19H17FN2O2/c20-14-6-3-7-16(10-14)22-18(23)11-17(19(22)24)21-15-8-12-4-1-2-5-13(12)9-15/h1-7,10,15,17,21H,8-9,11H2. The normalized spacial score (nSPS) is 20.7. The summed E-state index contributed by atoms with van der Waals surface area (Å²) in [5, 5.41) is 3.31. The maximum Gasteiger partial charge on any atom is 0.251 e. The van der Waals surface area contributed by atoms with E-state index in [4.69, 9.17) is 0 Å². The van der Waals surface area contributed by atoms with Crippen LogP contribution in [0.2, 0.25) is 0 Å². The molecular formula is C19H17FN2O2. The third-order valence-corrected chi connectivity index (χ3v) is 4.70. The highest BCUT2D eigenvalue weighted by molar-refractivity contribution is 6.22. The second-order valence-electron chi connectivity index (χ2n) is 6.34. The fraction of sp³-hybridized carbons (Fsp3) is 0.263. The van der Waals surface area contributed by atoms with E-state index in [-0.39, 0.29) is 24.3 Å². The van der Waals surface area contributed by atoms with Crippen molar-refractivity contribution in [1.29, 1.82) is 0 Å². The van der Waals surface area contributed by atoms with Crippen molar-refractivity contribution in [2.24, 2.45) is 0 Å². The zero-order valence-corrected chi connectivity index (χ0v) is 13.0. The number of hydrogen-bond donors (Lipinski definition) is 1. The van der Waals surface area contributed by atoms with E-state index in [1.807, 2.05) is 12.1 Å². The number of anilines is 1. The Morgan fingerprint density at radius 1 is 0.958 bits per heavy atom. The maximum atomic E-state index is 13.4. The topological polar surface area (TPSA) is 49.4 Å². The van der Waals surface area contributed by atoms with E-state index in [0.29, 0.717) is 5.69 Å². The first-order valence-corrected chi connectivity index (χ1v) is 8.07. The van der Waals surface area contributed by atoms with Gasteiger partial charge in [0.05, 0.1) is 18.2 Å². The van der Waals surface area contributed by atoms with Crippen LogP contribution in [0.3, 0.4) is 0 Å². The molecule has 1 unspecified atom stereocenters. The van der Waals surface area contributed by atoms with Crippen molar-refractivity contribution in [2.75, 3.05) is 4.90 Å². The predicted octanol–water partition coefficient (Wildman–Crippen LogP) is 2.21. The zero-order chi connectivity index (χ0) is 16.7. The van der Waals surface area contributed by atoms with Crippen LogP contribution >= 0.6 is 0 Å². The minimum absolute atomic E-state index is 0.113. The van der Waals surface area contributed by atoms with E-state index < -0.39 is 11.9 Å². The number of rotatable bonds is 3. The maximum absolute atomic E-state index is 13.4. The van der Waals surface area contributed by atoms with E-state index in [9.17, 15) is 14.0 Å². The van der Waals surface area contributed by atoms with Gasteiger partial charge in [-0.05, 0) is 42.2 Å². The number of carbonyl (C=O) groups is 2. The summed E-state index contributed by atoms with van der Waals surface area (Å²) < 4.78 is 13.4. The summed E-state index contributed by atoms with van der Waals surface area (Å²) in [5.74, 6) is -1.06. The van der Waals surface area contributed by atoms with Crippen molar-refractivity contribution in [3.8, 4) is 0 Å². The summed E-state index contributed by atoms with van der Waals surface area (Å²) in [5.41, 5.74) is 2.87. The Kier molecular flexibility index (Phi) is 3.65. The fourth-order valence-electron chi connectivity index (χ4n) is 3.61. The van der Waals surface area contributed by atoms with Crippen LogP contribution < -0.4 is 10.2 Å². The second kappa shape index (κ2) is 5.83. The number of hydrogen-bond acceptors (Lipinski definition) is 3. The smallest absolute Gasteiger partial charge is 0.251 e. The second-order valence-corrected chi connectivity index (χ2v) is 6.34. The Morgan fingerprint density at radius 3 is 2.33 bits per heavy atom. The molecule has 0 radical (unpaired) electrons. The SMILES string of the molecule is O=C1CC(NC2Cc3ccccc3C2)C(=O)N1c1cccc(F)c1. The highest BCUT2D eigenvalue weighted by atomic mass is 19.1. The summed E-state index contributed by atoms with van der Waals surface area (Å²) in [4.78, 5) is 25.9. The zero-order valence-electron chi connectivity index (χ0n) is 13.0. The third kappa shape index (κ3) is 2.61. The number of nitrogens with one attached hydrogen (secondary N) is 1. The molecule has 4 nitrogen and oxygen atoms in total. The number of fused-ring (bicyclic) bond motifs is 1. The van der Waals surface area contributed by atoms with Crippen LogP contribution in [0.1, 0.15) is 17.5 Å². The molecule has 0 aromatic heterocycles. The molecule has 1 atom stereocenters. The molecule has 1 N–H and O–H groups in total. The molecule has 1 saturated heterocycles. The largest absolute Gasteiger partial charge is 0.302 e. The van der Waals surface area contributed by atoms with Gasteiger partial charge in [-0.1, -0.05) is 30.3 Å². The van der Waals surface area contributed by atoms with Gasteiger partial charge in [-0.15, -0.1) is 0 Å². The summed E-state index contributed by atoms with van der Waals surface area (Å²) in [6.45, 7) is 0. The van der Waals surface area contributed by atoms with Gasteiger partial charge in [0.25, 0.3) is 5.91 Å². The van der Waals surface area contributed by atoms with Crippen LogP contribution in [-0.4, -0.2) is 23.9 Å². The first-order valence-electron chi connectivity index (χ1n) is 8.07. The number of imide groups is 1. The Bertz CT molecular complexity index is 796. The Hall–Kier alpha value is -2.53. The molecule has 5 heteroatoms. The van der Waals surface area contributed by atoms with E-state index >= 15 is 0 Å². The molecule has 1 heterocycles. The summed E-state index contributed by atoms with van der Waals surface area (Å²) in [6.07, 6.45) is 1.82. The van der Waals surface area contributed by atoms with Crippen molar-refractivity contribution >= 4 is 17.5 Å². The van der Waals surface area contributed by atoms with Gasteiger partial charge in [-0.3, -0.25) is 9.59 Å². The molecule has 1 aliphatic carbocycles. The highest BCUT2D eigenvalue weighted by Crippen LogP contribution is 2.26. The first kappa shape index (κ1) is 15.0. The molecule has 0 saturated carbocycles. The quantitative estimate of drug-likeness (QED) is 0.881. The van der Waals surface area contributed by atoms with Crippen LogP contribution in [0.25, 0.3) is 0 Å². The van der Waals surface area contributed by atoms with Crippen molar-refractivity contribution in [3.63, 3.8) is 0 Å². The highest BCUT2D eigenvalue weighted by Gasteiger charge is 2.41. The molecule has 0 bridgehead atoms. The van der Waals surface area contributed by atoms with Crippen molar-refractivity contribution in [1.82, 2.24) is 5.32 Å². The Labute approximate surface area is 139 Å². The van der Waals surface area contributed by atoms with E-state index in [1.54, 1.807) is 6.07 Å². The monoisotopic (exact) mass is 324 g/mol. The van der Waals surface area contributed by atoms with Crippen molar-refractivity contribution < 1.29 is 14.0 Å². The first-order chi connectivity index (χ1) is 11.6. The average molecular weight is 324 g/mol. The number of nitrogens with zero attached hydrogens (tertiary/aromatic N) is 1. The van der Waals surface area contributed by atoms with Crippen LogP contribution in [0.4, 0.5) is 10.1 Å². The van der Waals surface area contributed by atoms with Crippen LogP contribution in [0, 0.1) is 5.82 Å². The molecule has 2 aromatic rings. The molecule has 122 valence electrons. The predicted molar refractivity (Wildman–Crippen MR) is 88.1 cm³/mol. The van der Waals surface area contributed by atoms with E-state index in [2.05, 4.69) is 17.4 Å². The van der Waals surface area contributed by atoms with Gasteiger partial charge in [-0.2, -0.15) is 0 Å². The van der Waals surface area contributed by atoms with Gasteiger partial charge in [0.1, 0.15) is 5.82 Å². The van der Waals surface area contributed by atoms with Crippen molar-refractivity contribution in [2.45, 2.75) is 31.3 Å². The summed E-state index contributed by atoms with van der Waals surface area (Å²) in [7, 11) is 0. The molecule has 2 amide bonds. The Morgan fingerprint density at radius 2 is 1.67 bits per heavy atom. The van der Waals surface area contributed by atoms with Gasteiger partial charge in [0.2, 0.25) is 5.91 Å². The minimum atomic E-state index is -0.542. The molecule has 2 aliphatic rings. The lowest BCUT2D eigenvalue weighted by atomic mass is 10.1. The summed E-state index contributed by atoms with van der Waals surface area (Å²) >= 11 is 0. The number of carbonyl (C=O) groups excluding carboxylic acids is 2. The van der Waals surface area contributed by atoms with Crippen LogP contribution in [0.5, 0.6) is 0 Å². The summed E-state index contributed by atoms with van der Waals surface area (Å²) in [6, 6.07) is 13.4. The Balaban J connectivity index is 1.49. The minimum Gasteiger partial charge on any atom is -0.302 e. The van der Waals surface area contributed by atoms with E-state index in [1.165, 1.54) is 29.3 Å². The van der Waals surface area contributed by atoms with Crippen LogP contribution in [0.15, 0.2) is 48.5 Å². The lowest BCUT2D eigenvalue weighted by Crippen LogP contribution is -2.44. The molecule has 1 fully saturated rings. The number of amides is 2. The fourth-order valence-corrected chi connectivity index (χ4v) is 3.61. The average Bonchev–Trinajstić information content (AvgIpc) is 3.08. The van der Waals surface area contributed by atoms with Gasteiger partial charge in [0.15, 0.2) is 0 Å².